The van der Waals surface area contributed by atoms with Crippen LogP contribution in [0.5, 0.6) is 0 Å². The molecule has 0 heterocycles. The van der Waals surface area contributed by atoms with E-state index in [0.29, 0.717) is 29.8 Å². The summed E-state index contributed by atoms with van der Waals surface area (Å²) in [7, 11) is -8.85. The van der Waals surface area contributed by atoms with Crippen LogP contribution >= 0.6 is 0 Å². The molecule has 4 aromatic carbocycles. The van der Waals surface area contributed by atoms with Crippen molar-refractivity contribution in [3.63, 3.8) is 0 Å². The van der Waals surface area contributed by atoms with Gasteiger partial charge in [-0.15, -0.1) is 0 Å². The van der Waals surface area contributed by atoms with Gasteiger partial charge in [0.25, 0.3) is 20.2 Å². The number of allylic oxidation sites excluding steroid dienone is 5. The zero-order chi connectivity index (χ0) is 33.6. The molecule has 2 N–H and O–H groups in total. The summed E-state index contributed by atoms with van der Waals surface area (Å²) in [5, 5.41) is 0. The van der Waals surface area contributed by atoms with E-state index in [9.17, 15) is 25.9 Å². The maximum Gasteiger partial charge on any atom is 0.295 e. The predicted molar refractivity (Wildman–Crippen MR) is 186 cm³/mol. The van der Waals surface area contributed by atoms with Crippen LogP contribution in [0.15, 0.2) is 143 Å². The Morgan fingerprint density at radius 1 is 0.702 bits per heavy atom. The first-order valence-electron chi connectivity index (χ1n) is 15.2. The summed E-state index contributed by atoms with van der Waals surface area (Å²) in [6.45, 7) is 6.65. The fourth-order valence-electron chi connectivity index (χ4n) is 5.65. The van der Waals surface area contributed by atoms with Crippen molar-refractivity contribution in [1.82, 2.24) is 0 Å². The maximum absolute atomic E-state index is 12.5. The van der Waals surface area contributed by atoms with Gasteiger partial charge in [-0.1, -0.05) is 72.8 Å². The Labute approximate surface area is 276 Å². The summed E-state index contributed by atoms with van der Waals surface area (Å²) in [6, 6.07) is 30.8. The number of hydrogen-bond donors (Lipinski definition) is 2. The van der Waals surface area contributed by atoms with Gasteiger partial charge in [-0.05, 0) is 78.6 Å². The first-order chi connectivity index (χ1) is 22.5. The Kier molecular flexibility index (Phi) is 10.4. The molecule has 0 fully saturated rings. The molecule has 0 spiro atoms. The minimum atomic E-state index is -4.53. The molecule has 0 aliphatic heterocycles. The lowest BCUT2D eigenvalue weighted by atomic mass is 9.90. The van der Waals surface area contributed by atoms with Crippen molar-refractivity contribution in [3.05, 3.63) is 155 Å². The summed E-state index contributed by atoms with van der Waals surface area (Å²) in [6.07, 6.45) is 7.66. The average Bonchev–Trinajstić information content (AvgIpc) is 3.07. The number of anilines is 1. The van der Waals surface area contributed by atoms with Crippen molar-refractivity contribution in [2.24, 2.45) is 0 Å². The zero-order valence-electron chi connectivity index (χ0n) is 26.2. The van der Waals surface area contributed by atoms with Gasteiger partial charge >= 0.3 is 0 Å². The van der Waals surface area contributed by atoms with Crippen molar-refractivity contribution in [2.75, 3.05) is 18.0 Å². The van der Waals surface area contributed by atoms with E-state index in [1.54, 1.807) is 30.3 Å². The first-order valence-corrected chi connectivity index (χ1v) is 18.1. The van der Waals surface area contributed by atoms with Gasteiger partial charge in [-0.3, -0.25) is 9.11 Å². The maximum atomic E-state index is 12.5. The summed E-state index contributed by atoms with van der Waals surface area (Å²) in [5.74, 6) is 0. The third-order valence-corrected chi connectivity index (χ3v) is 9.79. The van der Waals surface area contributed by atoms with Crippen LogP contribution in [0.2, 0.25) is 0 Å². The molecule has 0 atom stereocenters. The van der Waals surface area contributed by atoms with E-state index in [4.69, 9.17) is 0 Å². The van der Waals surface area contributed by atoms with E-state index < -0.39 is 20.2 Å². The van der Waals surface area contributed by atoms with Gasteiger partial charge < -0.3 is 4.90 Å². The van der Waals surface area contributed by atoms with Crippen molar-refractivity contribution in [1.29, 1.82) is 0 Å². The van der Waals surface area contributed by atoms with Crippen LogP contribution in [-0.2, 0) is 33.3 Å². The smallest absolute Gasteiger partial charge is 0.295 e. The Bertz CT molecular complexity index is 2080. The minimum Gasteiger partial charge on any atom is -0.367 e. The molecule has 1 aliphatic rings. The van der Waals surface area contributed by atoms with E-state index in [1.165, 1.54) is 23.8 Å². The zero-order valence-corrected chi connectivity index (χ0v) is 27.8. The quantitative estimate of drug-likeness (QED) is 0.133. The molecule has 0 saturated carbocycles. The lowest BCUT2D eigenvalue weighted by Gasteiger charge is -2.24. The second-order valence-electron chi connectivity index (χ2n) is 11.1. The molecule has 5 rings (SSSR count). The SMILES string of the molecule is CCN(Cc1ccccc1)c1ccc(C(=C2C=CC(=[N+](CC)Cc3cccc(S(=O)(=O)O)c3)C=C2)c2ccccc2S(=O)(=O)O)cc1. The first kappa shape index (κ1) is 33.7. The molecule has 4 aromatic rings. The molecule has 8 nitrogen and oxygen atoms in total. The molecular weight excluding hydrogens is 633 g/mol. The molecule has 1 aliphatic carbocycles. The second kappa shape index (κ2) is 14.4. The van der Waals surface area contributed by atoms with E-state index in [2.05, 4.69) is 28.5 Å². The highest BCUT2D eigenvalue weighted by Crippen LogP contribution is 2.34. The molecule has 0 amide bonds. The van der Waals surface area contributed by atoms with Crippen molar-refractivity contribution in [3.8, 4) is 0 Å². The van der Waals surface area contributed by atoms with Crippen LogP contribution in [0, 0.1) is 0 Å². The highest BCUT2D eigenvalue weighted by atomic mass is 32.2. The number of benzene rings is 4. The highest BCUT2D eigenvalue weighted by Gasteiger charge is 2.22. The van der Waals surface area contributed by atoms with Crippen molar-refractivity contribution in [2.45, 2.75) is 36.7 Å². The summed E-state index contributed by atoms with van der Waals surface area (Å²) in [4.78, 5) is 1.91. The third kappa shape index (κ3) is 8.22. The largest absolute Gasteiger partial charge is 0.367 e. The average molecular weight is 670 g/mol. The minimum absolute atomic E-state index is 0.161. The van der Waals surface area contributed by atoms with Crippen molar-refractivity contribution >= 4 is 37.2 Å². The molecular formula is C37H37N2O6S2+. The van der Waals surface area contributed by atoms with Crippen LogP contribution in [0.4, 0.5) is 5.69 Å². The molecule has 0 aromatic heterocycles. The van der Waals surface area contributed by atoms with E-state index >= 15 is 0 Å². The van der Waals surface area contributed by atoms with Crippen molar-refractivity contribution < 1.29 is 30.5 Å². The lowest BCUT2D eigenvalue weighted by molar-refractivity contribution is -0.539. The summed E-state index contributed by atoms with van der Waals surface area (Å²) < 4.78 is 70.0. The number of hydrogen-bond acceptors (Lipinski definition) is 5. The molecule has 0 radical (unpaired) electrons. The fourth-order valence-corrected chi connectivity index (χ4v) is 6.90. The lowest BCUT2D eigenvalue weighted by Crippen LogP contribution is -2.21. The van der Waals surface area contributed by atoms with Gasteiger partial charge in [-0.25, -0.2) is 4.58 Å². The monoisotopic (exact) mass is 669 g/mol. The summed E-state index contributed by atoms with van der Waals surface area (Å²) in [5.41, 5.74) is 6.35. The van der Waals surface area contributed by atoms with Crippen LogP contribution in [0.1, 0.15) is 36.1 Å². The standard InChI is InChI=1S/C37H36N2O6S2/c1-3-38(26-28-11-6-5-7-12-28)32-21-17-30(18-22-32)37(35-15-8-9-16-36(35)47(43,44)45)31-19-23-33(24-20-31)39(4-2)27-29-13-10-14-34(25-29)46(40,41)42/h5-25H,3-4,26-27H2,1-2H3,(H-,40,41,42,43,44,45)/p+1. The molecule has 0 saturated heterocycles. The van der Waals surface area contributed by atoms with E-state index in [0.717, 1.165) is 35.6 Å². The highest BCUT2D eigenvalue weighted by molar-refractivity contribution is 7.86. The molecule has 10 heteroatoms. The summed E-state index contributed by atoms with van der Waals surface area (Å²) >= 11 is 0. The predicted octanol–water partition coefficient (Wildman–Crippen LogP) is 6.81. The van der Waals surface area contributed by atoms with Crippen LogP contribution in [0.25, 0.3) is 5.57 Å². The van der Waals surface area contributed by atoms with Crippen LogP contribution in [-0.4, -0.2) is 49.3 Å². The Morgan fingerprint density at radius 3 is 1.96 bits per heavy atom. The van der Waals surface area contributed by atoms with Crippen LogP contribution < -0.4 is 4.90 Å². The van der Waals surface area contributed by atoms with Gasteiger partial charge in [-0.2, -0.15) is 16.8 Å². The molecule has 47 heavy (non-hydrogen) atoms. The number of nitrogens with zero attached hydrogens (tertiary/aromatic N) is 2. The van der Waals surface area contributed by atoms with Gasteiger partial charge in [0.05, 0.1) is 4.90 Å². The van der Waals surface area contributed by atoms with E-state index in [-0.39, 0.29) is 9.79 Å². The molecule has 0 unspecified atom stereocenters. The second-order valence-corrected chi connectivity index (χ2v) is 13.9. The molecule has 242 valence electrons. The topological polar surface area (TPSA) is 115 Å². The Morgan fingerprint density at radius 2 is 1.34 bits per heavy atom. The third-order valence-electron chi connectivity index (χ3n) is 8.03. The Hall–Kier alpha value is -4.61. The fraction of sp³-hybridized carbons (Fsp3) is 0.162. The van der Waals surface area contributed by atoms with E-state index in [1.807, 2.05) is 73.7 Å². The van der Waals surface area contributed by atoms with Gasteiger partial charge in [0, 0.05) is 42.1 Å². The Balaban J connectivity index is 1.55. The van der Waals surface area contributed by atoms with Gasteiger partial charge in [0.15, 0.2) is 12.3 Å². The van der Waals surface area contributed by atoms with Crippen LogP contribution in [0.3, 0.4) is 0 Å². The van der Waals surface area contributed by atoms with Gasteiger partial charge in [0.2, 0.25) is 0 Å². The number of rotatable bonds is 11. The molecule has 0 bridgehead atoms. The van der Waals surface area contributed by atoms with Gasteiger partial charge in [0.1, 0.15) is 11.4 Å². The normalized spacial score (nSPS) is 13.1.